The van der Waals surface area contributed by atoms with Crippen molar-refractivity contribution in [3.63, 3.8) is 0 Å². The van der Waals surface area contributed by atoms with Crippen LogP contribution in [0.2, 0.25) is 0 Å². The van der Waals surface area contributed by atoms with Crippen LogP contribution in [-0.2, 0) is 11.3 Å². The van der Waals surface area contributed by atoms with Crippen molar-refractivity contribution in [1.29, 1.82) is 0 Å². The van der Waals surface area contributed by atoms with E-state index >= 15 is 0 Å². The number of nitrogens with zero attached hydrogens (tertiary/aromatic N) is 5. The quantitative estimate of drug-likeness (QED) is 0.399. The lowest BCUT2D eigenvalue weighted by Gasteiger charge is -2.19. The predicted octanol–water partition coefficient (Wildman–Crippen LogP) is 3.54. The zero-order valence-corrected chi connectivity index (χ0v) is 19.2. The van der Waals surface area contributed by atoms with Crippen LogP contribution in [0.5, 0.6) is 11.5 Å². The summed E-state index contributed by atoms with van der Waals surface area (Å²) >= 11 is 0. The fourth-order valence-corrected chi connectivity index (χ4v) is 5.05. The number of rotatable bonds is 3. The Kier molecular flexibility index (Phi) is 4.53. The van der Waals surface area contributed by atoms with E-state index in [1.165, 1.54) is 0 Å². The standard InChI is InChI=1S/C26H23N5O4/c1-15-27-24-22(26(32)30(15)14-17-5-4-10-33-17)23-25(29-19-7-3-2-6-18(19)28-23)31(24)16-8-9-20-21(13-16)35-12-11-34-20/h2-3,6-9,13,17H,4-5,10-12,14H2,1H3/t17-/m1/s1. The van der Waals surface area contributed by atoms with Gasteiger partial charge in [-0.25, -0.2) is 15.0 Å². The molecule has 0 aliphatic carbocycles. The Morgan fingerprint density at radius 2 is 1.74 bits per heavy atom. The highest BCUT2D eigenvalue weighted by atomic mass is 16.6. The maximum atomic E-state index is 13.9. The number of hydrogen-bond donors (Lipinski definition) is 0. The second-order valence-corrected chi connectivity index (χ2v) is 8.96. The number of aromatic nitrogens is 5. The molecule has 35 heavy (non-hydrogen) atoms. The Hall–Kier alpha value is -3.98. The van der Waals surface area contributed by atoms with Crippen LogP contribution in [-0.4, -0.2) is 50.0 Å². The van der Waals surface area contributed by atoms with Gasteiger partial charge in [0, 0.05) is 12.7 Å². The molecule has 7 rings (SSSR count). The molecule has 2 aliphatic rings. The van der Waals surface area contributed by atoms with E-state index in [-0.39, 0.29) is 11.7 Å². The lowest BCUT2D eigenvalue weighted by atomic mass is 10.2. The first-order chi connectivity index (χ1) is 17.2. The maximum absolute atomic E-state index is 13.9. The molecule has 1 saturated heterocycles. The fraction of sp³-hybridized carbons (Fsp3) is 0.308. The smallest absolute Gasteiger partial charge is 0.265 e. The minimum Gasteiger partial charge on any atom is -0.486 e. The van der Waals surface area contributed by atoms with E-state index in [0.717, 1.165) is 36.2 Å². The first kappa shape index (κ1) is 20.4. The van der Waals surface area contributed by atoms with Gasteiger partial charge in [-0.3, -0.25) is 13.9 Å². The molecule has 0 N–H and O–H groups in total. The molecular weight excluding hydrogens is 446 g/mol. The molecule has 176 valence electrons. The summed E-state index contributed by atoms with van der Waals surface area (Å²) in [6.45, 7) is 4.07. The van der Waals surface area contributed by atoms with E-state index in [2.05, 4.69) is 0 Å². The van der Waals surface area contributed by atoms with Crippen molar-refractivity contribution in [2.45, 2.75) is 32.4 Å². The molecule has 0 saturated carbocycles. The summed E-state index contributed by atoms with van der Waals surface area (Å²) in [6, 6.07) is 13.4. The lowest BCUT2D eigenvalue weighted by Crippen LogP contribution is -2.29. The van der Waals surface area contributed by atoms with Gasteiger partial charge in [0.2, 0.25) is 0 Å². The number of hydrogen-bond acceptors (Lipinski definition) is 7. The van der Waals surface area contributed by atoms with Gasteiger partial charge < -0.3 is 14.2 Å². The number of benzene rings is 2. The van der Waals surface area contributed by atoms with Crippen LogP contribution < -0.4 is 15.0 Å². The van der Waals surface area contributed by atoms with Crippen LogP contribution in [0.15, 0.2) is 47.3 Å². The highest BCUT2D eigenvalue weighted by Crippen LogP contribution is 2.35. The molecule has 3 aromatic heterocycles. The third-order valence-electron chi connectivity index (χ3n) is 6.75. The molecule has 0 unspecified atom stereocenters. The van der Waals surface area contributed by atoms with Crippen molar-refractivity contribution >= 4 is 33.2 Å². The fourth-order valence-electron chi connectivity index (χ4n) is 5.05. The molecule has 5 aromatic rings. The minimum atomic E-state index is -0.131. The van der Waals surface area contributed by atoms with Gasteiger partial charge in [-0.05, 0) is 44.0 Å². The molecule has 2 aromatic carbocycles. The average molecular weight is 470 g/mol. The van der Waals surface area contributed by atoms with E-state index in [1.807, 2.05) is 54.0 Å². The Balaban J connectivity index is 1.55. The molecule has 1 fully saturated rings. The molecule has 0 amide bonds. The van der Waals surface area contributed by atoms with Crippen molar-refractivity contribution in [2.75, 3.05) is 19.8 Å². The second kappa shape index (κ2) is 7.78. The van der Waals surface area contributed by atoms with E-state index in [4.69, 9.17) is 29.2 Å². The van der Waals surface area contributed by atoms with Crippen LogP contribution in [0.25, 0.3) is 38.9 Å². The zero-order valence-electron chi connectivity index (χ0n) is 19.2. The molecule has 2 aliphatic heterocycles. The van der Waals surface area contributed by atoms with Gasteiger partial charge in [0.1, 0.15) is 29.9 Å². The summed E-state index contributed by atoms with van der Waals surface area (Å²) in [5.41, 5.74) is 3.76. The Labute approximate surface area is 199 Å². The van der Waals surface area contributed by atoms with Crippen molar-refractivity contribution in [3.8, 4) is 17.2 Å². The summed E-state index contributed by atoms with van der Waals surface area (Å²) < 4.78 is 20.9. The number of ether oxygens (including phenoxy) is 3. The van der Waals surface area contributed by atoms with Crippen molar-refractivity contribution in [2.24, 2.45) is 0 Å². The van der Waals surface area contributed by atoms with E-state index < -0.39 is 0 Å². The topological polar surface area (TPSA) is 93.3 Å². The lowest BCUT2D eigenvalue weighted by molar-refractivity contribution is 0.0955. The molecule has 0 spiro atoms. The zero-order chi connectivity index (χ0) is 23.5. The van der Waals surface area contributed by atoms with Crippen LogP contribution in [0.1, 0.15) is 18.7 Å². The third-order valence-corrected chi connectivity index (χ3v) is 6.75. The molecule has 9 heteroatoms. The normalized spacial score (nSPS) is 17.6. The largest absolute Gasteiger partial charge is 0.486 e. The van der Waals surface area contributed by atoms with Gasteiger partial charge in [0.15, 0.2) is 22.8 Å². The van der Waals surface area contributed by atoms with E-state index in [0.29, 0.717) is 59.3 Å². The van der Waals surface area contributed by atoms with Gasteiger partial charge in [0.25, 0.3) is 5.56 Å². The summed E-state index contributed by atoms with van der Waals surface area (Å²) in [7, 11) is 0. The summed E-state index contributed by atoms with van der Waals surface area (Å²) in [5, 5.41) is 0.455. The SMILES string of the molecule is Cc1nc2c(c(=O)n1C[C@H]1CCCO1)c1nc3ccccc3nc1n2-c1ccc2c(c1)OCCO2. The molecular formula is C26H23N5O4. The molecule has 0 bridgehead atoms. The third kappa shape index (κ3) is 3.19. The van der Waals surface area contributed by atoms with Crippen LogP contribution >= 0.6 is 0 Å². The summed E-state index contributed by atoms with van der Waals surface area (Å²) in [5.74, 6) is 1.98. The number of fused-ring (bicyclic) bond motifs is 5. The highest BCUT2D eigenvalue weighted by molar-refractivity contribution is 6.05. The molecule has 0 radical (unpaired) electrons. The van der Waals surface area contributed by atoms with Gasteiger partial charge in [0.05, 0.1) is 29.4 Å². The summed E-state index contributed by atoms with van der Waals surface area (Å²) in [4.78, 5) is 28.6. The van der Waals surface area contributed by atoms with Crippen molar-refractivity contribution in [3.05, 3.63) is 58.6 Å². The van der Waals surface area contributed by atoms with Gasteiger partial charge >= 0.3 is 0 Å². The van der Waals surface area contributed by atoms with Crippen LogP contribution in [0.3, 0.4) is 0 Å². The molecule has 1 atom stereocenters. The maximum Gasteiger partial charge on any atom is 0.265 e. The second-order valence-electron chi connectivity index (χ2n) is 8.96. The van der Waals surface area contributed by atoms with Crippen LogP contribution in [0, 0.1) is 6.92 Å². The van der Waals surface area contributed by atoms with E-state index in [9.17, 15) is 4.79 Å². The van der Waals surface area contributed by atoms with Gasteiger partial charge in [-0.15, -0.1) is 0 Å². The first-order valence-electron chi connectivity index (χ1n) is 11.9. The number of aryl methyl sites for hydroxylation is 1. The molecule has 5 heterocycles. The first-order valence-corrected chi connectivity index (χ1v) is 11.9. The van der Waals surface area contributed by atoms with Gasteiger partial charge in [-0.1, -0.05) is 12.1 Å². The summed E-state index contributed by atoms with van der Waals surface area (Å²) in [6.07, 6.45) is 1.96. The highest BCUT2D eigenvalue weighted by Gasteiger charge is 2.25. The van der Waals surface area contributed by atoms with Gasteiger partial charge in [-0.2, -0.15) is 0 Å². The average Bonchev–Trinajstić information content (AvgIpc) is 3.50. The Bertz CT molecular complexity index is 1680. The Morgan fingerprint density at radius 1 is 0.943 bits per heavy atom. The van der Waals surface area contributed by atoms with Crippen molar-refractivity contribution in [1.82, 2.24) is 24.1 Å². The Morgan fingerprint density at radius 3 is 2.54 bits per heavy atom. The minimum absolute atomic E-state index is 0.0173. The van der Waals surface area contributed by atoms with E-state index in [1.54, 1.807) is 4.57 Å². The predicted molar refractivity (Wildman–Crippen MR) is 131 cm³/mol. The molecule has 9 nitrogen and oxygen atoms in total. The monoisotopic (exact) mass is 469 g/mol. The van der Waals surface area contributed by atoms with Crippen molar-refractivity contribution < 1.29 is 14.2 Å². The van der Waals surface area contributed by atoms with Crippen LogP contribution in [0.4, 0.5) is 0 Å². The number of para-hydroxylation sites is 2.